The van der Waals surface area contributed by atoms with Gasteiger partial charge in [-0.2, -0.15) is 0 Å². The molecule has 25 heavy (non-hydrogen) atoms. The minimum Gasteiger partial charge on any atom is -0.481 e. The van der Waals surface area contributed by atoms with Crippen LogP contribution in [0.25, 0.3) is 11.1 Å². The Labute approximate surface area is 151 Å². The normalized spacial score (nSPS) is 11.3. The van der Waals surface area contributed by atoms with Gasteiger partial charge >= 0.3 is 5.97 Å². The van der Waals surface area contributed by atoms with Gasteiger partial charge in [-0.1, -0.05) is 42.5 Å². The number of carboxylic acids is 1. The van der Waals surface area contributed by atoms with E-state index < -0.39 is 23.7 Å². The number of carboxylic acid groups (broad SMARTS) is 1. The lowest BCUT2D eigenvalue weighted by Gasteiger charge is -2.17. The minimum absolute atomic E-state index is 0. The number of nitrogens with one attached hydrogen (secondary N) is 1. The van der Waals surface area contributed by atoms with Crippen LogP contribution in [0.4, 0.5) is 4.39 Å². The molecule has 0 aromatic heterocycles. The molecule has 0 heterocycles. The zero-order valence-electron chi connectivity index (χ0n) is 13.4. The van der Waals surface area contributed by atoms with Crippen LogP contribution in [0.2, 0.25) is 0 Å². The Morgan fingerprint density at radius 3 is 2.36 bits per heavy atom. The predicted octanol–water partition coefficient (Wildman–Crippen LogP) is 2.38. The molecule has 1 amide bonds. The van der Waals surface area contributed by atoms with Gasteiger partial charge in [0.05, 0.1) is 13.0 Å². The number of amides is 1. The summed E-state index contributed by atoms with van der Waals surface area (Å²) >= 11 is 0. The molecule has 4 N–H and O–H groups in total. The molecular weight excluding hydrogens is 347 g/mol. The first-order valence-corrected chi connectivity index (χ1v) is 7.54. The van der Waals surface area contributed by atoms with Gasteiger partial charge in [-0.25, -0.2) is 4.39 Å². The Bertz CT molecular complexity index is 726. The predicted molar refractivity (Wildman–Crippen MR) is 96.0 cm³/mol. The number of rotatable bonds is 7. The molecule has 0 saturated carbocycles. The van der Waals surface area contributed by atoms with Gasteiger partial charge in [0.25, 0.3) is 0 Å². The molecule has 2 aromatic carbocycles. The topological polar surface area (TPSA) is 92.4 Å². The number of halogens is 2. The summed E-state index contributed by atoms with van der Waals surface area (Å²) in [5, 5.41) is 11.4. The standard InChI is InChI=1S/C18H19FN2O3.ClH/c19-16-9-13(12-4-2-1-3-5-12)6-7-14(16)8-15(10-18(23)24)21-17(22)11-20;/h1-7,9,15H,8,10-11,20H2,(H,21,22)(H,23,24);1H. The number of nitrogens with two attached hydrogens (primary N) is 1. The molecule has 0 aliphatic carbocycles. The third kappa shape index (κ3) is 6.17. The van der Waals surface area contributed by atoms with Crippen LogP contribution in [0.3, 0.4) is 0 Å². The van der Waals surface area contributed by atoms with Crippen molar-refractivity contribution in [3.05, 3.63) is 59.9 Å². The van der Waals surface area contributed by atoms with Crippen molar-refractivity contribution in [3.8, 4) is 11.1 Å². The number of carbonyl (C=O) groups is 2. The number of aliphatic carboxylic acids is 1. The fraction of sp³-hybridized carbons (Fsp3) is 0.222. The molecule has 0 spiro atoms. The van der Waals surface area contributed by atoms with Crippen LogP contribution in [0, 0.1) is 5.82 Å². The molecule has 0 radical (unpaired) electrons. The molecule has 0 fully saturated rings. The fourth-order valence-electron chi connectivity index (χ4n) is 2.46. The Balaban J connectivity index is 0.00000312. The molecule has 5 nitrogen and oxygen atoms in total. The van der Waals surface area contributed by atoms with Crippen LogP contribution in [0.5, 0.6) is 0 Å². The van der Waals surface area contributed by atoms with Crippen LogP contribution < -0.4 is 11.1 Å². The summed E-state index contributed by atoms with van der Waals surface area (Å²) in [6, 6.07) is 13.5. The van der Waals surface area contributed by atoms with E-state index in [4.69, 9.17) is 10.8 Å². The highest BCUT2D eigenvalue weighted by Gasteiger charge is 2.18. The third-order valence-electron chi connectivity index (χ3n) is 3.60. The van der Waals surface area contributed by atoms with Crippen LogP contribution in [0.15, 0.2) is 48.5 Å². The van der Waals surface area contributed by atoms with Crippen molar-refractivity contribution in [1.82, 2.24) is 5.32 Å². The van der Waals surface area contributed by atoms with Gasteiger partial charge in [-0.05, 0) is 29.2 Å². The molecule has 2 rings (SSSR count). The van der Waals surface area contributed by atoms with Crippen molar-refractivity contribution in [2.45, 2.75) is 18.9 Å². The highest BCUT2D eigenvalue weighted by atomic mass is 35.5. The molecule has 1 unspecified atom stereocenters. The van der Waals surface area contributed by atoms with Crippen LogP contribution >= 0.6 is 12.4 Å². The summed E-state index contributed by atoms with van der Waals surface area (Å²) in [7, 11) is 0. The largest absolute Gasteiger partial charge is 0.481 e. The Morgan fingerprint density at radius 2 is 1.80 bits per heavy atom. The fourth-order valence-corrected chi connectivity index (χ4v) is 2.46. The average molecular weight is 367 g/mol. The van der Waals surface area contributed by atoms with E-state index in [-0.39, 0.29) is 31.8 Å². The number of carbonyl (C=O) groups excluding carboxylic acids is 1. The maximum absolute atomic E-state index is 14.4. The Morgan fingerprint density at radius 1 is 1.12 bits per heavy atom. The molecule has 134 valence electrons. The van der Waals surface area contributed by atoms with E-state index in [9.17, 15) is 14.0 Å². The van der Waals surface area contributed by atoms with E-state index in [0.29, 0.717) is 5.56 Å². The lowest BCUT2D eigenvalue weighted by atomic mass is 9.98. The summed E-state index contributed by atoms with van der Waals surface area (Å²) in [6.07, 6.45) is -0.218. The summed E-state index contributed by atoms with van der Waals surface area (Å²) in [5.74, 6) is -1.98. The molecule has 1 atom stereocenters. The number of benzene rings is 2. The van der Waals surface area contributed by atoms with Gasteiger partial charge in [-0.15, -0.1) is 12.4 Å². The van der Waals surface area contributed by atoms with Gasteiger partial charge in [0.2, 0.25) is 5.91 Å². The lowest BCUT2D eigenvalue weighted by molar-refractivity contribution is -0.137. The van der Waals surface area contributed by atoms with Crippen LogP contribution in [-0.4, -0.2) is 29.6 Å². The maximum Gasteiger partial charge on any atom is 0.305 e. The first-order chi connectivity index (χ1) is 11.5. The van der Waals surface area contributed by atoms with Crippen molar-refractivity contribution in [2.24, 2.45) is 5.73 Å². The van der Waals surface area contributed by atoms with Crippen LogP contribution in [0.1, 0.15) is 12.0 Å². The van der Waals surface area contributed by atoms with Crippen molar-refractivity contribution in [1.29, 1.82) is 0 Å². The SMILES string of the molecule is Cl.NCC(=O)NC(CC(=O)O)Cc1ccc(-c2ccccc2)cc1F. The molecule has 7 heteroatoms. The van der Waals surface area contributed by atoms with Crippen molar-refractivity contribution in [3.63, 3.8) is 0 Å². The average Bonchev–Trinajstić information content (AvgIpc) is 2.56. The second-order valence-electron chi connectivity index (χ2n) is 5.44. The highest BCUT2D eigenvalue weighted by Crippen LogP contribution is 2.22. The lowest BCUT2D eigenvalue weighted by Crippen LogP contribution is -2.41. The van der Waals surface area contributed by atoms with Crippen molar-refractivity contribution < 1.29 is 19.1 Å². The zero-order chi connectivity index (χ0) is 17.5. The monoisotopic (exact) mass is 366 g/mol. The molecule has 2 aromatic rings. The maximum atomic E-state index is 14.4. The van der Waals surface area contributed by atoms with E-state index in [0.717, 1.165) is 11.1 Å². The number of hydrogen-bond acceptors (Lipinski definition) is 3. The van der Waals surface area contributed by atoms with Gasteiger partial charge in [0, 0.05) is 6.04 Å². The second-order valence-corrected chi connectivity index (χ2v) is 5.44. The summed E-state index contributed by atoms with van der Waals surface area (Å²) in [6.45, 7) is -0.244. The summed E-state index contributed by atoms with van der Waals surface area (Å²) in [5.41, 5.74) is 7.19. The van der Waals surface area contributed by atoms with Gasteiger partial charge < -0.3 is 16.2 Å². The first kappa shape index (κ1) is 20.6. The quantitative estimate of drug-likeness (QED) is 0.701. The van der Waals surface area contributed by atoms with Gasteiger partial charge in [-0.3, -0.25) is 9.59 Å². The molecule has 0 aliphatic heterocycles. The van der Waals surface area contributed by atoms with E-state index in [1.165, 1.54) is 6.07 Å². The minimum atomic E-state index is -1.07. The zero-order valence-corrected chi connectivity index (χ0v) is 14.3. The first-order valence-electron chi connectivity index (χ1n) is 7.54. The van der Waals surface area contributed by atoms with E-state index in [1.807, 2.05) is 30.3 Å². The van der Waals surface area contributed by atoms with Crippen molar-refractivity contribution in [2.75, 3.05) is 6.54 Å². The Hall–Kier alpha value is -2.44. The molecule has 0 aliphatic rings. The molecule has 0 bridgehead atoms. The van der Waals surface area contributed by atoms with E-state index in [1.54, 1.807) is 12.1 Å². The van der Waals surface area contributed by atoms with Crippen LogP contribution in [-0.2, 0) is 16.0 Å². The summed E-state index contributed by atoms with van der Waals surface area (Å²) in [4.78, 5) is 22.3. The van der Waals surface area contributed by atoms with Gasteiger partial charge in [0.15, 0.2) is 0 Å². The molecule has 0 saturated heterocycles. The number of hydrogen-bond donors (Lipinski definition) is 3. The Kier molecular flexibility index (Phi) is 8.04. The van der Waals surface area contributed by atoms with E-state index in [2.05, 4.69) is 5.32 Å². The highest BCUT2D eigenvalue weighted by molar-refractivity contribution is 5.85. The van der Waals surface area contributed by atoms with Gasteiger partial charge in [0.1, 0.15) is 5.82 Å². The van der Waals surface area contributed by atoms with Crippen molar-refractivity contribution >= 4 is 24.3 Å². The second kappa shape index (κ2) is 9.76. The smallest absolute Gasteiger partial charge is 0.305 e. The third-order valence-corrected chi connectivity index (χ3v) is 3.60. The summed E-state index contributed by atoms with van der Waals surface area (Å²) < 4.78 is 14.4. The molecular formula is C18H20ClFN2O3. The van der Waals surface area contributed by atoms with E-state index >= 15 is 0 Å².